The summed E-state index contributed by atoms with van der Waals surface area (Å²) in [5.41, 5.74) is 0. The van der Waals surface area contributed by atoms with Crippen molar-refractivity contribution in [3.63, 3.8) is 0 Å². The monoisotopic (exact) mass is 267 g/mol. The van der Waals surface area contributed by atoms with E-state index in [0.29, 0.717) is 0 Å². The van der Waals surface area contributed by atoms with Crippen LogP contribution in [-0.4, -0.2) is 6.29 Å². The quantitative estimate of drug-likeness (QED) is 0.404. The van der Waals surface area contributed by atoms with Crippen LogP contribution in [0.25, 0.3) is 0 Å². The Balaban J connectivity index is 4.18. The first-order chi connectivity index (χ1) is 9.21. The lowest BCUT2D eigenvalue weighted by atomic mass is 9.82. The summed E-state index contributed by atoms with van der Waals surface area (Å²) >= 11 is 0. The SMILES string of the molecule is CCCCC(CC)CC([C]=O)CC(CC)CCCC. The molecule has 113 valence electrons. The van der Waals surface area contributed by atoms with Crippen LogP contribution in [0.1, 0.15) is 91.9 Å². The normalized spacial score (nSPS) is 16.0. The zero-order chi connectivity index (χ0) is 14.5. The van der Waals surface area contributed by atoms with Gasteiger partial charge in [0.05, 0.1) is 0 Å². The van der Waals surface area contributed by atoms with Gasteiger partial charge in [-0.1, -0.05) is 79.1 Å². The van der Waals surface area contributed by atoms with E-state index in [1.807, 2.05) is 0 Å². The highest BCUT2D eigenvalue weighted by molar-refractivity contribution is 5.54. The van der Waals surface area contributed by atoms with E-state index in [1.165, 1.54) is 51.4 Å². The zero-order valence-corrected chi connectivity index (χ0v) is 13.7. The molecule has 2 atom stereocenters. The Hall–Kier alpha value is -0.330. The maximum Gasteiger partial charge on any atom is 0.201 e. The van der Waals surface area contributed by atoms with Gasteiger partial charge in [-0.2, -0.15) is 0 Å². The van der Waals surface area contributed by atoms with Crippen molar-refractivity contribution >= 4 is 6.29 Å². The Labute approximate surface area is 121 Å². The predicted molar refractivity (Wildman–Crippen MR) is 85.0 cm³/mol. The van der Waals surface area contributed by atoms with Crippen LogP contribution in [0, 0.1) is 17.8 Å². The summed E-state index contributed by atoms with van der Waals surface area (Å²) in [6.07, 6.45) is 14.6. The summed E-state index contributed by atoms with van der Waals surface area (Å²) in [5.74, 6) is 1.65. The molecule has 0 heterocycles. The summed E-state index contributed by atoms with van der Waals surface area (Å²) in [4.78, 5) is 11.2. The van der Waals surface area contributed by atoms with E-state index in [4.69, 9.17) is 0 Å². The highest BCUT2D eigenvalue weighted by atomic mass is 16.1. The summed E-state index contributed by atoms with van der Waals surface area (Å²) in [6.45, 7) is 9.01. The molecule has 2 unspecified atom stereocenters. The molecule has 0 bridgehead atoms. The fourth-order valence-corrected chi connectivity index (χ4v) is 2.96. The van der Waals surface area contributed by atoms with Crippen LogP contribution in [0.3, 0.4) is 0 Å². The van der Waals surface area contributed by atoms with E-state index in [2.05, 4.69) is 34.0 Å². The van der Waals surface area contributed by atoms with Crippen molar-refractivity contribution < 1.29 is 4.79 Å². The lowest BCUT2D eigenvalue weighted by Crippen LogP contribution is -2.14. The zero-order valence-electron chi connectivity index (χ0n) is 13.7. The summed E-state index contributed by atoms with van der Waals surface area (Å²) in [5, 5.41) is 0. The molecule has 0 fully saturated rings. The molecule has 0 saturated heterocycles. The summed E-state index contributed by atoms with van der Waals surface area (Å²) < 4.78 is 0. The molecule has 1 heteroatoms. The number of hydrogen-bond donors (Lipinski definition) is 0. The lowest BCUT2D eigenvalue weighted by Gasteiger charge is -2.22. The van der Waals surface area contributed by atoms with Crippen molar-refractivity contribution in [1.82, 2.24) is 0 Å². The van der Waals surface area contributed by atoms with Gasteiger partial charge in [-0.25, -0.2) is 0 Å². The van der Waals surface area contributed by atoms with Gasteiger partial charge < -0.3 is 0 Å². The number of unbranched alkanes of at least 4 members (excludes halogenated alkanes) is 2. The van der Waals surface area contributed by atoms with Crippen LogP contribution >= 0.6 is 0 Å². The number of carbonyl (C=O) groups excluding carboxylic acids is 1. The average molecular weight is 267 g/mol. The van der Waals surface area contributed by atoms with E-state index in [1.54, 1.807) is 0 Å². The molecule has 19 heavy (non-hydrogen) atoms. The van der Waals surface area contributed by atoms with Gasteiger partial charge >= 0.3 is 0 Å². The first kappa shape index (κ1) is 18.7. The first-order valence-corrected chi connectivity index (χ1v) is 8.59. The van der Waals surface area contributed by atoms with Crippen molar-refractivity contribution in [1.29, 1.82) is 0 Å². The molecule has 0 aliphatic heterocycles. The van der Waals surface area contributed by atoms with Gasteiger partial charge in [-0.05, 0) is 24.7 Å². The van der Waals surface area contributed by atoms with Gasteiger partial charge in [0.2, 0.25) is 6.29 Å². The van der Waals surface area contributed by atoms with Crippen LogP contribution in [0.4, 0.5) is 0 Å². The Morgan fingerprint density at radius 3 is 1.47 bits per heavy atom. The number of rotatable bonds is 13. The van der Waals surface area contributed by atoms with Gasteiger partial charge in [-0.3, -0.25) is 4.79 Å². The Bertz CT molecular complexity index is 182. The minimum Gasteiger partial charge on any atom is -0.291 e. The van der Waals surface area contributed by atoms with Crippen LogP contribution in [0.15, 0.2) is 0 Å². The van der Waals surface area contributed by atoms with Crippen molar-refractivity contribution in [3.8, 4) is 0 Å². The second-order valence-corrected chi connectivity index (χ2v) is 6.12. The minimum atomic E-state index is 0.184. The molecule has 0 aliphatic carbocycles. The van der Waals surface area contributed by atoms with E-state index in [0.717, 1.165) is 24.7 Å². The molecule has 0 aromatic heterocycles. The molecule has 0 rings (SSSR count). The molecule has 0 spiro atoms. The fraction of sp³-hybridized carbons (Fsp3) is 0.944. The highest BCUT2D eigenvalue weighted by Crippen LogP contribution is 2.27. The molecule has 0 aliphatic rings. The maximum absolute atomic E-state index is 11.2. The molecular weight excluding hydrogens is 232 g/mol. The smallest absolute Gasteiger partial charge is 0.201 e. The second kappa shape index (κ2) is 12.7. The van der Waals surface area contributed by atoms with Crippen LogP contribution in [-0.2, 0) is 4.79 Å². The van der Waals surface area contributed by atoms with E-state index >= 15 is 0 Å². The van der Waals surface area contributed by atoms with Crippen molar-refractivity contribution in [3.05, 3.63) is 0 Å². The van der Waals surface area contributed by atoms with Crippen molar-refractivity contribution in [2.75, 3.05) is 0 Å². The molecule has 1 nitrogen and oxygen atoms in total. The van der Waals surface area contributed by atoms with E-state index in [9.17, 15) is 4.79 Å². The molecule has 0 aromatic rings. The topological polar surface area (TPSA) is 17.1 Å². The summed E-state index contributed by atoms with van der Waals surface area (Å²) in [6, 6.07) is 0. The standard InChI is InChI=1S/C18H35O/c1-5-9-11-16(7-3)13-18(15-19)14-17(8-4)12-10-6-2/h16-18H,5-14H2,1-4H3. The molecule has 1 radical (unpaired) electrons. The van der Waals surface area contributed by atoms with Crippen molar-refractivity contribution in [2.24, 2.45) is 17.8 Å². The number of hydrogen-bond acceptors (Lipinski definition) is 1. The van der Waals surface area contributed by atoms with Gasteiger partial charge in [0.25, 0.3) is 0 Å². The van der Waals surface area contributed by atoms with Crippen LogP contribution in [0.2, 0.25) is 0 Å². The maximum atomic E-state index is 11.2. The van der Waals surface area contributed by atoms with E-state index in [-0.39, 0.29) is 5.92 Å². The van der Waals surface area contributed by atoms with Gasteiger partial charge in [0, 0.05) is 5.92 Å². The lowest BCUT2D eigenvalue weighted by molar-refractivity contribution is 0.312. The third kappa shape index (κ3) is 9.24. The van der Waals surface area contributed by atoms with Gasteiger partial charge in [-0.15, -0.1) is 0 Å². The Morgan fingerprint density at radius 1 is 0.789 bits per heavy atom. The Kier molecular flexibility index (Phi) is 12.5. The molecule has 0 aromatic carbocycles. The van der Waals surface area contributed by atoms with Gasteiger partial charge in [0.15, 0.2) is 0 Å². The van der Waals surface area contributed by atoms with Crippen molar-refractivity contribution in [2.45, 2.75) is 91.9 Å². The average Bonchev–Trinajstić information content (AvgIpc) is 2.45. The first-order valence-electron chi connectivity index (χ1n) is 8.59. The minimum absolute atomic E-state index is 0.184. The van der Waals surface area contributed by atoms with Gasteiger partial charge in [0.1, 0.15) is 0 Å². The molecule has 0 saturated carbocycles. The molecule has 0 N–H and O–H groups in total. The Morgan fingerprint density at radius 2 is 1.21 bits per heavy atom. The third-order valence-corrected chi connectivity index (χ3v) is 4.49. The highest BCUT2D eigenvalue weighted by Gasteiger charge is 2.19. The summed E-state index contributed by atoms with van der Waals surface area (Å²) in [7, 11) is 0. The van der Waals surface area contributed by atoms with Crippen LogP contribution in [0.5, 0.6) is 0 Å². The second-order valence-electron chi connectivity index (χ2n) is 6.12. The molecular formula is C18H35O. The fourth-order valence-electron chi connectivity index (χ4n) is 2.96. The third-order valence-electron chi connectivity index (χ3n) is 4.49. The van der Waals surface area contributed by atoms with Crippen LogP contribution < -0.4 is 0 Å². The van der Waals surface area contributed by atoms with E-state index < -0.39 is 0 Å². The largest absolute Gasteiger partial charge is 0.291 e. The predicted octanol–water partition coefficient (Wildman–Crippen LogP) is 5.93. The molecule has 0 amide bonds.